The maximum Gasteiger partial charge on any atom is 0.240 e. The van der Waals surface area contributed by atoms with Crippen LogP contribution in [0, 0.1) is 19.7 Å². The Labute approximate surface area is 170 Å². The number of halogens is 2. The molecule has 1 aromatic heterocycles. The van der Waals surface area contributed by atoms with Crippen LogP contribution in [0.5, 0.6) is 0 Å². The third-order valence-electron chi connectivity index (χ3n) is 4.48. The molecule has 9 heteroatoms. The molecular formula is C19H17ClFN5OS. The van der Waals surface area contributed by atoms with Crippen LogP contribution in [0.1, 0.15) is 23.0 Å². The number of benzene rings is 2. The third-order valence-corrected chi connectivity index (χ3v) is 5.99. The molecule has 0 fully saturated rings. The fraction of sp³-hybridized carbons (Fsp3) is 0.211. The summed E-state index contributed by atoms with van der Waals surface area (Å²) < 4.78 is 15.2. The van der Waals surface area contributed by atoms with E-state index in [2.05, 4.69) is 20.9 Å². The predicted octanol–water partition coefficient (Wildman–Crippen LogP) is 4.09. The number of nitrogens with zero attached hydrogens (tertiary/aromatic N) is 3. The first-order valence-corrected chi connectivity index (χ1v) is 9.86. The Hall–Kier alpha value is -2.58. The molecule has 1 amide bonds. The topological polar surface area (TPSA) is 71.8 Å². The van der Waals surface area contributed by atoms with Crippen LogP contribution in [0.15, 0.2) is 47.6 Å². The van der Waals surface area contributed by atoms with Crippen molar-refractivity contribution >= 4 is 35.0 Å². The Morgan fingerprint density at radius 2 is 1.96 bits per heavy atom. The van der Waals surface area contributed by atoms with Crippen LogP contribution in [0.25, 0.3) is 0 Å². The van der Waals surface area contributed by atoms with E-state index in [9.17, 15) is 9.18 Å². The molecule has 28 heavy (non-hydrogen) atoms. The summed E-state index contributed by atoms with van der Waals surface area (Å²) in [6, 6.07) is 11.8. The number of carbonyl (C=O) groups is 1. The van der Waals surface area contributed by atoms with Gasteiger partial charge >= 0.3 is 0 Å². The molecule has 2 unspecified atom stereocenters. The van der Waals surface area contributed by atoms with E-state index in [1.54, 1.807) is 4.68 Å². The highest BCUT2D eigenvalue weighted by molar-refractivity contribution is 8.00. The first-order chi connectivity index (χ1) is 13.4. The van der Waals surface area contributed by atoms with E-state index in [4.69, 9.17) is 11.6 Å². The van der Waals surface area contributed by atoms with Crippen molar-refractivity contribution in [3.8, 4) is 0 Å². The molecule has 0 aliphatic carbocycles. The maximum absolute atomic E-state index is 13.4. The number of nitrogens with one attached hydrogen (secondary N) is 2. The van der Waals surface area contributed by atoms with Crippen molar-refractivity contribution in [1.29, 1.82) is 0 Å². The normalized spacial score (nSPS) is 18.3. The minimum Gasteiger partial charge on any atom is -0.325 e. The molecule has 0 saturated carbocycles. The Morgan fingerprint density at radius 3 is 2.68 bits per heavy atom. The van der Waals surface area contributed by atoms with Gasteiger partial charge in [-0.05, 0) is 37.6 Å². The van der Waals surface area contributed by atoms with Gasteiger partial charge in [0.15, 0.2) is 0 Å². The molecule has 1 aliphatic heterocycles. The van der Waals surface area contributed by atoms with Crippen molar-refractivity contribution in [2.75, 3.05) is 10.7 Å². The quantitative estimate of drug-likeness (QED) is 0.671. The molecule has 2 N–H and O–H groups in total. The zero-order chi connectivity index (χ0) is 19.8. The second kappa shape index (κ2) is 7.44. The lowest BCUT2D eigenvalue weighted by Gasteiger charge is -2.32. The molecule has 2 atom stereocenters. The number of hydrogen-bond donors (Lipinski definition) is 2. The van der Waals surface area contributed by atoms with Crippen molar-refractivity contribution in [3.05, 3.63) is 70.3 Å². The van der Waals surface area contributed by atoms with Gasteiger partial charge in [-0.3, -0.25) is 4.79 Å². The molecule has 0 spiro atoms. The number of aromatic nitrogens is 3. The molecular weight excluding hydrogens is 401 g/mol. The standard InChI is InChI=1S/C19H17ClFN5OS/c1-10-3-5-12(6-4-10)16-17(28-19-24-23-11(2)26(19)25-16)18(27)22-13-7-8-15(21)14(20)9-13/h3-9,16-17,25H,1-2H3,(H,22,27). The number of hydrogen-bond acceptors (Lipinski definition) is 5. The van der Waals surface area contributed by atoms with Crippen LogP contribution < -0.4 is 10.7 Å². The van der Waals surface area contributed by atoms with Crippen molar-refractivity contribution in [1.82, 2.24) is 14.9 Å². The molecule has 6 nitrogen and oxygen atoms in total. The zero-order valence-corrected chi connectivity index (χ0v) is 16.7. The van der Waals surface area contributed by atoms with Crippen molar-refractivity contribution < 1.29 is 9.18 Å². The molecule has 0 bridgehead atoms. The van der Waals surface area contributed by atoms with Gasteiger partial charge in [0.25, 0.3) is 0 Å². The van der Waals surface area contributed by atoms with E-state index in [1.165, 1.54) is 30.0 Å². The second-order valence-electron chi connectivity index (χ2n) is 6.54. The molecule has 4 rings (SSSR count). The maximum atomic E-state index is 13.4. The van der Waals surface area contributed by atoms with Crippen LogP contribution in [0.3, 0.4) is 0 Å². The van der Waals surface area contributed by atoms with Crippen molar-refractivity contribution in [2.45, 2.75) is 30.3 Å². The Morgan fingerprint density at radius 1 is 1.21 bits per heavy atom. The molecule has 0 radical (unpaired) electrons. The molecule has 3 aromatic rings. The summed E-state index contributed by atoms with van der Waals surface area (Å²) in [5, 5.41) is 11.1. The summed E-state index contributed by atoms with van der Waals surface area (Å²) in [5.41, 5.74) is 5.88. The third kappa shape index (κ3) is 3.57. The van der Waals surface area contributed by atoms with Gasteiger partial charge in [-0.25, -0.2) is 9.07 Å². The second-order valence-corrected chi connectivity index (χ2v) is 8.06. The monoisotopic (exact) mass is 417 g/mol. The highest BCUT2D eigenvalue weighted by atomic mass is 35.5. The summed E-state index contributed by atoms with van der Waals surface area (Å²) in [4.78, 5) is 13.1. The van der Waals surface area contributed by atoms with Gasteiger partial charge in [-0.1, -0.05) is 53.2 Å². The summed E-state index contributed by atoms with van der Waals surface area (Å²) >= 11 is 7.15. The minimum atomic E-state index is -0.533. The number of fused-ring (bicyclic) bond motifs is 1. The Balaban J connectivity index is 1.65. The molecule has 2 heterocycles. The van der Waals surface area contributed by atoms with Gasteiger partial charge in [0.05, 0.1) is 11.1 Å². The number of thioether (sulfide) groups is 1. The van der Waals surface area contributed by atoms with Crippen LogP contribution >= 0.6 is 23.4 Å². The number of aryl methyl sites for hydroxylation is 2. The van der Waals surface area contributed by atoms with E-state index in [0.717, 1.165) is 11.1 Å². The molecule has 144 valence electrons. The van der Waals surface area contributed by atoms with E-state index in [-0.39, 0.29) is 17.0 Å². The van der Waals surface area contributed by atoms with Crippen molar-refractivity contribution in [2.24, 2.45) is 0 Å². The summed E-state index contributed by atoms with van der Waals surface area (Å²) in [6.45, 7) is 3.86. The minimum absolute atomic E-state index is 0.0438. The number of anilines is 1. The Bertz CT molecular complexity index is 1040. The smallest absolute Gasteiger partial charge is 0.240 e. The first-order valence-electron chi connectivity index (χ1n) is 8.60. The van der Waals surface area contributed by atoms with Gasteiger partial charge in [0.1, 0.15) is 16.9 Å². The summed E-state index contributed by atoms with van der Waals surface area (Å²) in [6.07, 6.45) is 0. The van der Waals surface area contributed by atoms with Gasteiger partial charge in [-0.2, -0.15) is 0 Å². The Kier molecular flexibility index (Phi) is 4.99. The van der Waals surface area contributed by atoms with Gasteiger partial charge < -0.3 is 10.7 Å². The highest BCUT2D eigenvalue weighted by Gasteiger charge is 2.37. The molecule has 2 aromatic carbocycles. The highest BCUT2D eigenvalue weighted by Crippen LogP contribution is 2.37. The van der Waals surface area contributed by atoms with Gasteiger partial charge in [0, 0.05) is 5.69 Å². The zero-order valence-electron chi connectivity index (χ0n) is 15.1. The summed E-state index contributed by atoms with van der Waals surface area (Å²) in [7, 11) is 0. The van der Waals surface area contributed by atoms with E-state index >= 15 is 0 Å². The molecule has 1 aliphatic rings. The van der Waals surface area contributed by atoms with E-state index in [1.807, 2.05) is 38.1 Å². The fourth-order valence-corrected chi connectivity index (χ4v) is 4.28. The van der Waals surface area contributed by atoms with Gasteiger partial charge in [-0.15, -0.1) is 10.2 Å². The largest absolute Gasteiger partial charge is 0.325 e. The number of amides is 1. The average Bonchev–Trinajstić information content (AvgIpc) is 3.04. The lowest BCUT2D eigenvalue weighted by atomic mass is 10.0. The van der Waals surface area contributed by atoms with Crippen molar-refractivity contribution in [3.63, 3.8) is 0 Å². The fourth-order valence-electron chi connectivity index (χ4n) is 2.97. The van der Waals surface area contributed by atoms with Gasteiger partial charge in [0.2, 0.25) is 11.1 Å². The number of carbonyl (C=O) groups excluding carboxylic acids is 1. The van der Waals surface area contributed by atoms with Crippen LogP contribution in [-0.4, -0.2) is 26.0 Å². The lowest BCUT2D eigenvalue weighted by Crippen LogP contribution is -2.41. The first kappa shape index (κ1) is 18.8. The summed E-state index contributed by atoms with van der Waals surface area (Å²) in [5.74, 6) is -0.0593. The van der Waals surface area contributed by atoms with Crippen LogP contribution in [-0.2, 0) is 4.79 Å². The lowest BCUT2D eigenvalue weighted by molar-refractivity contribution is -0.116. The predicted molar refractivity (Wildman–Crippen MR) is 108 cm³/mol. The average molecular weight is 418 g/mol. The number of rotatable bonds is 3. The van der Waals surface area contributed by atoms with E-state index in [0.29, 0.717) is 16.7 Å². The van der Waals surface area contributed by atoms with Crippen LogP contribution in [0.2, 0.25) is 5.02 Å². The SMILES string of the molecule is Cc1ccc(C2Nn3c(C)nnc3SC2C(=O)Nc2ccc(F)c(Cl)c2)cc1. The van der Waals surface area contributed by atoms with Crippen LogP contribution in [0.4, 0.5) is 10.1 Å². The van der Waals surface area contributed by atoms with E-state index < -0.39 is 11.1 Å². The molecule has 0 saturated heterocycles.